The molecule has 0 unspecified atom stereocenters. The van der Waals surface area contributed by atoms with Gasteiger partial charge in [0.2, 0.25) is 12.7 Å². The first-order valence-corrected chi connectivity index (χ1v) is 15.2. The molecular weight excluding hydrogens is 554 g/mol. The summed E-state index contributed by atoms with van der Waals surface area (Å²) in [6.45, 7) is 3.70. The highest BCUT2D eigenvalue weighted by Crippen LogP contribution is 2.46. The van der Waals surface area contributed by atoms with Crippen molar-refractivity contribution in [3.05, 3.63) is 76.9 Å². The van der Waals surface area contributed by atoms with E-state index >= 15 is 0 Å². The second kappa shape index (κ2) is 11.8. The number of thioether (sulfide) groups is 1. The molecule has 0 aliphatic carbocycles. The van der Waals surface area contributed by atoms with Crippen molar-refractivity contribution in [2.24, 2.45) is 0 Å². The van der Waals surface area contributed by atoms with Gasteiger partial charge in [-0.1, -0.05) is 18.2 Å². The third-order valence-electron chi connectivity index (χ3n) is 8.43. The van der Waals surface area contributed by atoms with E-state index in [2.05, 4.69) is 11.0 Å². The Kier molecular flexibility index (Phi) is 7.92. The molecule has 0 bridgehead atoms. The monoisotopic (exact) mass is 589 g/mol. The first kappa shape index (κ1) is 28.2. The van der Waals surface area contributed by atoms with Gasteiger partial charge in [-0.3, -0.25) is 14.5 Å². The molecule has 0 saturated carbocycles. The van der Waals surface area contributed by atoms with Gasteiger partial charge in [-0.25, -0.2) is 0 Å². The number of methoxy groups -OCH3 is 2. The van der Waals surface area contributed by atoms with Crippen molar-refractivity contribution < 1.29 is 28.5 Å². The Morgan fingerprint density at radius 2 is 1.62 bits per heavy atom. The summed E-state index contributed by atoms with van der Waals surface area (Å²) >= 11 is 1.66. The van der Waals surface area contributed by atoms with Crippen molar-refractivity contribution in [3.63, 3.8) is 0 Å². The van der Waals surface area contributed by atoms with Crippen molar-refractivity contribution in [1.29, 1.82) is 0 Å². The number of nitrogens with zero attached hydrogens (tertiary/aromatic N) is 3. The highest BCUT2D eigenvalue weighted by atomic mass is 32.2. The molecule has 220 valence electrons. The summed E-state index contributed by atoms with van der Waals surface area (Å²) in [7, 11) is 4.89. The van der Waals surface area contributed by atoms with E-state index in [-0.39, 0.29) is 18.6 Å². The summed E-state index contributed by atoms with van der Waals surface area (Å²) in [5, 5.41) is 0. The van der Waals surface area contributed by atoms with E-state index < -0.39 is 12.0 Å². The highest BCUT2D eigenvalue weighted by Gasteiger charge is 2.45. The van der Waals surface area contributed by atoms with E-state index in [9.17, 15) is 9.59 Å². The van der Waals surface area contributed by atoms with Gasteiger partial charge < -0.3 is 28.7 Å². The molecule has 10 heteroatoms. The fraction of sp³-hybridized carbons (Fsp3) is 0.375. The van der Waals surface area contributed by atoms with Gasteiger partial charge in [0.05, 0.1) is 26.2 Å². The summed E-state index contributed by atoms with van der Waals surface area (Å²) in [5.74, 6) is 1.77. The van der Waals surface area contributed by atoms with E-state index in [0.29, 0.717) is 35.7 Å². The minimum absolute atomic E-state index is 0.00416. The maximum Gasteiger partial charge on any atom is 0.254 e. The third kappa shape index (κ3) is 5.13. The van der Waals surface area contributed by atoms with Crippen LogP contribution >= 0.6 is 11.8 Å². The lowest BCUT2D eigenvalue weighted by molar-refractivity contribution is -0.136. The zero-order valence-electron chi connectivity index (χ0n) is 24.3. The SMILES string of the molecule is COc1cc2c(cc1OC)[C@@H](C(=O)N1CCN(Cc3ccc4c(c3)OCO4)CC1)[C@@H](c1ccc(SC)cc1)N(C)C2=O. The van der Waals surface area contributed by atoms with Gasteiger partial charge in [-0.15, -0.1) is 11.8 Å². The van der Waals surface area contributed by atoms with Crippen molar-refractivity contribution in [2.75, 3.05) is 60.5 Å². The van der Waals surface area contributed by atoms with Crippen LogP contribution in [0.5, 0.6) is 23.0 Å². The molecule has 0 N–H and O–H groups in total. The largest absolute Gasteiger partial charge is 0.493 e. The molecular formula is C32H35N3O6S. The molecule has 9 nitrogen and oxygen atoms in total. The van der Waals surface area contributed by atoms with Crippen molar-refractivity contribution in [1.82, 2.24) is 14.7 Å². The summed E-state index contributed by atoms with van der Waals surface area (Å²) < 4.78 is 22.1. The van der Waals surface area contributed by atoms with Gasteiger partial charge in [-0.2, -0.15) is 0 Å². The quantitative estimate of drug-likeness (QED) is 0.375. The summed E-state index contributed by atoms with van der Waals surface area (Å²) in [4.78, 5) is 35.3. The number of hydrogen-bond acceptors (Lipinski definition) is 8. The highest BCUT2D eigenvalue weighted by molar-refractivity contribution is 7.98. The predicted molar refractivity (Wildman–Crippen MR) is 160 cm³/mol. The van der Waals surface area contributed by atoms with Crippen LogP contribution in [0.1, 0.15) is 39.0 Å². The lowest BCUT2D eigenvalue weighted by Gasteiger charge is -2.43. The molecule has 3 aromatic carbocycles. The van der Waals surface area contributed by atoms with Crippen LogP contribution in [0.3, 0.4) is 0 Å². The van der Waals surface area contributed by atoms with Crippen LogP contribution in [0, 0.1) is 0 Å². The van der Waals surface area contributed by atoms with Crippen LogP contribution in [0.4, 0.5) is 0 Å². The Bertz CT molecular complexity index is 1490. The Hall–Kier alpha value is -3.89. The Morgan fingerprint density at radius 1 is 0.929 bits per heavy atom. The van der Waals surface area contributed by atoms with Crippen LogP contribution in [0.2, 0.25) is 0 Å². The van der Waals surface area contributed by atoms with E-state index in [1.165, 1.54) is 0 Å². The Balaban J connectivity index is 1.29. The van der Waals surface area contributed by atoms with E-state index in [1.54, 1.807) is 50.1 Å². The molecule has 0 spiro atoms. The molecule has 3 aliphatic rings. The smallest absolute Gasteiger partial charge is 0.254 e. The van der Waals surface area contributed by atoms with Gasteiger partial charge in [0.15, 0.2) is 23.0 Å². The maximum atomic E-state index is 14.5. The molecule has 0 aromatic heterocycles. The van der Waals surface area contributed by atoms with E-state index in [1.807, 2.05) is 47.6 Å². The Labute approximate surface area is 250 Å². The topological polar surface area (TPSA) is 80.8 Å². The fourth-order valence-electron chi connectivity index (χ4n) is 6.15. The lowest BCUT2D eigenvalue weighted by atomic mass is 9.78. The number of piperazine rings is 1. The summed E-state index contributed by atoms with van der Waals surface area (Å²) in [6.07, 6.45) is 2.03. The predicted octanol–water partition coefficient (Wildman–Crippen LogP) is 4.41. The molecule has 1 saturated heterocycles. The third-order valence-corrected chi connectivity index (χ3v) is 9.17. The standard InChI is InChI=1S/C32H35N3O6S/c1-33-30(21-6-8-22(42-4)9-7-21)29(23-16-26(38-2)27(39-3)17-24(23)31(33)36)32(37)35-13-11-34(12-14-35)18-20-5-10-25-28(15-20)41-19-40-25/h5-10,15-17,29-30H,11-14,18-19H2,1-4H3/t29-,30-/m1/s1. The number of amides is 2. The van der Waals surface area contributed by atoms with Crippen molar-refractivity contribution in [2.45, 2.75) is 23.4 Å². The molecule has 1 fully saturated rings. The van der Waals surface area contributed by atoms with Gasteiger partial charge in [0.25, 0.3) is 5.91 Å². The number of carbonyl (C=O) groups excluding carboxylic acids is 2. The molecule has 42 heavy (non-hydrogen) atoms. The first-order valence-electron chi connectivity index (χ1n) is 14.0. The second-order valence-electron chi connectivity index (χ2n) is 10.7. The number of hydrogen-bond donors (Lipinski definition) is 0. The molecule has 2 amide bonds. The minimum atomic E-state index is -0.594. The number of rotatable bonds is 7. The van der Waals surface area contributed by atoms with E-state index in [4.69, 9.17) is 18.9 Å². The number of likely N-dealkylation sites (N-methyl/N-ethyl adjacent to an activating group) is 1. The van der Waals surface area contributed by atoms with Gasteiger partial charge in [-0.05, 0) is 59.3 Å². The number of fused-ring (bicyclic) bond motifs is 2. The summed E-state index contributed by atoms with van der Waals surface area (Å²) in [5.41, 5.74) is 3.20. The second-order valence-corrected chi connectivity index (χ2v) is 11.6. The lowest BCUT2D eigenvalue weighted by Crippen LogP contribution is -2.52. The maximum absolute atomic E-state index is 14.5. The van der Waals surface area contributed by atoms with Gasteiger partial charge in [0.1, 0.15) is 0 Å². The first-order chi connectivity index (χ1) is 20.4. The van der Waals surface area contributed by atoms with Crippen LogP contribution in [0.15, 0.2) is 59.5 Å². The number of carbonyl (C=O) groups is 2. The van der Waals surface area contributed by atoms with Gasteiger partial charge in [0, 0.05) is 50.2 Å². The Morgan fingerprint density at radius 3 is 2.31 bits per heavy atom. The van der Waals surface area contributed by atoms with Crippen LogP contribution in [0.25, 0.3) is 0 Å². The van der Waals surface area contributed by atoms with Crippen LogP contribution in [-0.4, -0.2) is 87.0 Å². The number of ether oxygens (including phenoxy) is 4. The van der Waals surface area contributed by atoms with Crippen molar-refractivity contribution in [3.8, 4) is 23.0 Å². The molecule has 3 aromatic rings. The molecule has 2 atom stereocenters. The zero-order chi connectivity index (χ0) is 29.4. The minimum Gasteiger partial charge on any atom is -0.493 e. The average Bonchev–Trinajstić information content (AvgIpc) is 3.50. The molecule has 3 heterocycles. The molecule has 0 radical (unpaired) electrons. The number of benzene rings is 3. The van der Waals surface area contributed by atoms with Crippen LogP contribution in [-0.2, 0) is 11.3 Å². The molecule has 6 rings (SSSR count). The summed E-state index contributed by atoms with van der Waals surface area (Å²) in [6, 6.07) is 17.2. The van der Waals surface area contributed by atoms with E-state index in [0.717, 1.165) is 47.2 Å². The van der Waals surface area contributed by atoms with Crippen molar-refractivity contribution >= 4 is 23.6 Å². The average molecular weight is 590 g/mol. The fourth-order valence-corrected chi connectivity index (χ4v) is 6.56. The van der Waals surface area contributed by atoms with Crippen LogP contribution < -0.4 is 18.9 Å². The molecule has 3 aliphatic heterocycles. The normalized spacial score (nSPS) is 20.0. The van der Waals surface area contributed by atoms with Gasteiger partial charge >= 0.3 is 0 Å². The zero-order valence-corrected chi connectivity index (χ0v) is 25.1.